The summed E-state index contributed by atoms with van der Waals surface area (Å²) in [4.78, 5) is 0. The van der Waals surface area contributed by atoms with Crippen molar-refractivity contribution in [2.45, 2.75) is 26.0 Å². The maximum absolute atomic E-state index is 9.01. The summed E-state index contributed by atoms with van der Waals surface area (Å²) in [7, 11) is 0. The van der Waals surface area contributed by atoms with Crippen molar-refractivity contribution in [3.8, 4) is 0 Å². The molecule has 2 nitrogen and oxygen atoms in total. The number of aliphatic hydroxyl groups excluding tert-OH is 1. The molecular weight excluding hydrogens is 150 g/mol. The summed E-state index contributed by atoms with van der Waals surface area (Å²) in [6, 6.07) is 7.79. The second-order valence-corrected chi connectivity index (χ2v) is 2.87. The van der Waals surface area contributed by atoms with Gasteiger partial charge in [0.05, 0.1) is 6.61 Å². The van der Waals surface area contributed by atoms with Crippen molar-refractivity contribution < 1.29 is 5.11 Å². The molecule has 0 heterocycles. The molecule has 1 aromatic carbocycles. The summed E-state index contributed by atoms with van der Waals surface area (Å²) < 4.78 is 0. The van der Waals surface area contributed by atoms with Crippen LogP contribution in [0.15, 0.2) is 24.3 Å². The molecule has 1 atom stereocenters. The lowest BCUT2D eigenvalue weighted by Crippen LogP contribution is -2.11. The lowest BCUT2D eigenvalue weighted by molar-refractivity contribution is 0.280. The van der Waals surface area contributed by atoms with E-state index >= 15 is 0 Å². The predicted molar refractivity (Wildman–Crippen MR) is 49.6 cm³/mol. The molecule has 0 saturated heterocycles. The van der Waals surface area contributed by atoms with Gasteiger partial charge < -0.3 is 10.8 Å². The van der Waals surface area contributed by atoms with Crippen LogP contribution in [-0.2, 0) is 6.61 Å². The first-order chi connectivity index (χ1) is 5.79. The highest BCUT2D eigenvalue weighted by atomic mass is 16.3. The van der Waals surface area contributed by atoms with Crippen molar-refractivity contribution in [2.24, 2.45) is 5.73 Å². The quantitative estimate of drug-likeness (QED) is 0.714. The molecule has 1 rings (SSSR count). The van der Waals surface area contributed by atoms with Crippen molar-refractivity contribution in [3.05, 3.63) is 35.4 Å². The van der Waals surface area contributed by atoms with Gasteiger partial charge in [-0.05, 0) is 17.5 Å². The Labute approximate surface area is 73.0 Å². The normalized spacial score (nSPS) is 12.9. The Balaban J connectivity index is 2.96. The van der Waals surface area contributed by atoms with E-state index in [0.29, 0.717) is 0 Å². The topological polar surface area (TPSA) is 46.2 Å². The highest BCUT2D eigenvalue weighted by Gasteiger charge is 2.06. The van der Waals surface area contributed by atoms with E-state index in [-0.39, 0.29) is 12.6 Å². The summed E-state index contributed by atoms with van der Waals surface area (Å²) in [5.74, 6) is 0. The third kappa shape index (κ3) is 1.84. The van der Waals surface area contributed by atoms with Crippen LogP contribution in [0.5, 0.6) is 0 Å². The fourth-order valence-electron chi connectivity index (χ4n) is 1.26. The van der Waals surface area contributed by atoms with E-state index in [2.05, 4.69) is 0 Å². The van der Waals surface area contributed by atoms with Crippen LogP contribution in [-0.4, -0.2) is 5.11 Å². The first kappa shape index (κ1) is 9.23. The average Bonchev–Trinajstić information content (AvgIpc) is 2.16. The molecule has 0 spiro atoms. The molecule has 0 radical (unpaired) electrons. The van der Waals surface area contributed by atoms with Crippen LogP contribution < -0.4 is 5.73 Å². The van der Waals surface area contributed by atoms with E-state index in [1.165, 1.54) is 0 Å². The van der Waals surface area contributed by atoms with Crippen molar-refractivity contribution in [3.63, 3.8) is 0 Å². The monoisotopic (exact) mass is 165 g/mol. The highest BCUT2D eigenvalue weighted by molar-refractivity contribution is 5.28. The second-order valence-electron chi connectivity index (χ2n) is 2.87. The van der Waals surface area contributed by atoms with Crippen LogP contribution in [0.3, 0.4) is 0 Å². The smallest absolute Gasteiger partial charge is 0.0685 e. The van der Waals surface area contributed by atoms with Gasteiger partial charge in [-0.3, -0.25) is 0 Å². The predicted octanol–water partition coefficient (Wildman–Crippen LogP) is 1.59. The van der Waals surface area contributed by atoms with Crippen LogP contribution >= 0.6 is 0 Å². The van der Waals surface area contributed by atoms with Gasteiger partial charge in [0.1, 0.15) is 0 Å². The molecule has 12 heavy (non-hydrogen) atoms. The lowest BCUT2D eigenvalue weighted by Gasteiger charge is -2.12. The van der Waals surface area contributed by atoms with Crippen molar-refractivity contribution >= 4 is 0 Å². The maximum Gasteiger partial charge on any atom is 0.0685 e. The minimum atomic E-state index is 0.0494. The molecule has 0 aromatic heterocycles. The van der Waals surface area contributed by atoms with Crippen molar-refractivity contribution in [1.29, 1.82) is 0 Å². The SMILES string of the molecule is CC[C@H](N)c1ccccc1CO. The lowest BCUT2D eigenvalue weighted by atomic mass is 10.00. The molecule has 0 aliphatic rings. The summed E-state index contributed by atoms with van der Waals surface area (Å²) in [5.41, 5.74) is 7.85. The van der Waals surface area contributed by atoms with Crippen molar-refractivity contribution in [1.82, 2.24) is 0 Å². The minimum Gasteiger partial charge on any atom is -0.392 e. The number of benzene rings is 1. The Morgan fingerprint density at radius 1 is 1.42 bits per heavy atom. The van der Waals surface area contributed by atoms with Gasteiger partial charge in [-0.1, -0.05) is 31.2 Å². The summed E-state index contributed by atoms with van der Waals surface area (Å²) in [6.45, 7) is 2.11. The van der Waals surface area contributed by atoms with Gasteiger partial charge in [-0.15, -0.1) is 0 Å². The molecule has 2 heteroatoms. The van der Waals surface area contributed by atoms with Gasteiger partial charge in [-0.2, -0.15) is 0 Å². The number of hydrogen-bond acceptors (Lipinski definition) is 2. The van der Waals surface area contributed by atoms with Gasteiger partial charge in [0, 0.05) is 6.04 Å². The number of hydrogen-bond donors (Lipinski definition) is 2. The van der Waals surface area contributed by atoms with Crippen LogP contribution in [0.1, 0.15) is 30.5 Å². The summed E-state index contributed by atoms with van der Waals surface area (Å²) >= 11 is 0. The molecule has 0 fully saturated rings. The zero-order chi connectivity index (χ0) is 8.97. The van der Waals surface area contributed by atoms with Crippen LogP contribution in [0.4, 0.5) is 0 Å². The molecule has 1 aromatic rings. The van der Waals surface area contributed by atoms with E-state index in [1.807, 2.05) is 31.2 Å². The Morgan fingerprint density at radius 2 is 2.08 bits per heavy atom. The minimum absolute atomic E-state index is 0.0494. The van der Waals surface area contributed by atoms with Crippen molar-refractivity contribution in [2.75, 3.05) is 0 Å². The van der Waals surface area contributed by atoms with Gasteiger partial charge in [0.25, 0.3) is 0 Å². The molecule has 0 aliphatic carbocycles. The molecule has 0 bridgehead atoms. The Morgan fingerprint density at radius 3 is 2.67 bits per heavy atom. The number of rotatable bonds is 3. The van der Waals surface area contributed by atoms with E-state index in [4.69, 9.17) is 10.8 Å². The third-order valence-electron chi connectivity index (χ3n) is 2.06. The molecule has 66 valence electrons. The third-order valence-corrected chi connectivity index (χ3v) is 2.06. The van der Waals surface area contributed by atoms with E-state index in [1.54, 1.807) is 0 Å². The number of aliphatic hydroxyl groups is 1. The van der Waals surface area contributed by atoms with Gasteiger partial charge in [0.15, 0.2) is 0 Å². The average molecular weight is 165 g/mol. The zero-order valence-electron chi connectivity index (χ0n) is 7.33. The van der Waals surface area contributed by atoms with Gasteiger partial charge >= 0.3 is 0 Å². The van der Waals surface area contributed by atoms with E-state index in [0.717, 1.165) is 17.5 Å². The first-order valence-electron chi connectivity index (χ1n) is 4.23. The molecule has 0 amide bonds. The van der Waals surface area contributed by atoms with E-state index < -0.39 is 0 Å². The fourth-order valence-corrected chi connectivity index (χ4v) is 1.26. The molecule has 0 unspecified atom stereocenters. The maximum atomic E-state index is 9.01. The van der Waals surface area contributed by atoms with Crippen LogP contribution in [0.2, 0.25) is 0 Å². The standard InChI is InChI=1S/C10H15NO/c1-2-10(11)9-6-4-3-5-8(9)7-12/h3-6,10,12H,2,7,11H2,1H3/t10-/m0/s1. The molecular formula is C10H15NO. The number of nitrogens with two attached hydrogens (primary N) is 1. The molecule has 0 saturated carbocycles. The summed E-state index contributed by atoms with van der Waals surface area (Å²) in [5, 5.41) is 9.01. The fraction of sp³-hybridized carbons (Fsp3) is 0.400. The summed E-state index contributed by atoms with van der Waals surface area (Å²) in [6.07, 6.45) is 0.900. The van der Waals surface area contributed by atoms with E-state index in [9.17, 15) is 0 Å². The zero-order valence-corrected chi connectivity index (χ0v) is 7.33. The molecule has 0 aliphatic heterocycles. The van der Waals surface area contributed by atoms with Gasteiger partial charge in [0.2, 0.25) is 0 Å². The molecule has 3 N–H and O–H groups in total. The second kappa shape index (κ2) is 4.24. The van der Waals surface area contributed by atoms with Gasteiger partial charge in [-0.25, -0.2) is 0 Å². The largest absolute Gasteiger partial charge is 0.392 e. The highest BCUT2D eigenvalue weighted by Crippen LogP contribution is 2.18. The Bertz CT molecular complexity index is 247. The first-order valence-corrected chi connectivity index (χ1v) is 4.23. The Kier molecular flexibility index (Phi) is 3.26. The van der Waals surface area contributed by atoms with Crippen LogP contribution in [0, 0.1) is 0 Å². The Hall–Kier alpha value is -0.860. The van der Waals surface area contributed by atoms with Crippen LogP contribution in [0.25, 0.3) is 0 Å².